The molecule has 0 aliphatic heterocycles. The third kappa shape index (κ3) is 5.08. The molecule has 2 rings (SSSR count). The van der Waals surface area contributed by atoms with E-state index in [9.17, 15) is 0 Å². The zero-order valence-electron chi connectivity index (χ0n) is 14.7. The lowest BCUT2D eigenvalue weighted by Gasteiger charge is -2.24. The molecule has 0 aromatic heterocycles. The van der Waals surface area contributed by atoms with Gasteiger partial charge in [-0.3, -0.25) is 0 Å². The molecule has 4 N–H and O–H groups in total. The van der Waals surface area contributed by atoms with Crippen molar-refractivity contribution in [3.63, 3.8) is 0 Å². The van der Waals surface area contributed by atoms with E-state index in [0.717, 1.165) is 35.2 Å². The third-order valence-electron chi connectivity index (χ3n) is 3.87. The van der Waals surface area contributed by atoms with Crippen LogP contribution in [-0.2, 0) is 0 Å². The fourth-order valence-corrected chi connectivity index (χ4v) is 3.41. The number of anilines is 2. The van der Waals surface area contributed by atoms with Gasteiger partial charge in [-0.25, -0.2) is 0 Å². The van der Waals surface area contributed by atoms with Crippen molar-refractivity contribution in [3.8, 4) is 5.75 Å². The number of hydrogen-bond acceptors (Lipinski definition) is 5. The fraction of sp³-hybridized carbons (Fsp3) is 0.368. The van der Waals surface area contributed by atoms with Crippen LogP contribution in [0.2, 0.25) is 0 Å². The average Bonchev–Trinajstić information content (AvgIpc) is 2.57. The summed E-state index contributed by atoms with van der Waals surface area (Å²) in [4.78, 5) is 4.49. The summed E-state index contributed by atoms with van der Waals surface area (Å²) in [6, 6.07) is 13.8. The highest BCUT2D eigenvalue weighted by Crippen LogP contribution is 2.36. The Kier molecular flexibility index (Phi) is 6.82. The van der Waals surface area contributed by atoms with E-state index in [1.165, 1.54) is 0 Å². The first-order valence-electron chi connectivity index (χ1n) is 8.34. The van der Waals surface area contributed by atoms with Crippen LogP contribution >= 0.6 is 11.8 Å². The van der Waals surface area contributed by atoms with Gasteiger partial charge in [0.15, 0.2) is 0 Å². The van der Waals surface area contributed by atoms with Gasteiger partial charge in [0.25, 0.3) is 0 Å². The van der Waals surface area contributed by atoms with E-state index < -0.39 is 0 Å². The molecule has 1 unspecified atom stereocenters. The van der Waals surface area contributed by atoms with Crippen LogP contribution in [0, 0.1) is 0 Å². The van der Waals surface area contributed by atoms with E-state index in [0.29, 0.717) is 11.4 Å². The summed E-state index contributed by atoms with van der Waals surface area (Å²) in [5.41, 5.74) is 12.9. The number of hydrogen-bond donors (Lipinski definition) is 2. The van der Waals surface area contributed by atoms with E-state index in [1.807, 2.05) is 36.4 Å². The smallest absolute Gasteiger partial charge is 0.133 e. The molecule has 24 heavy (non-hydrogen) atoms. The average molecular weight is 346 g/mol. The molecule has 0 spiro atoms. The number of nitrogens with zero attached hydrogens (tertiary/aromatic N) is 1. The zero-order chi connectivity index (χ0) is 17.5. The monoisotopic (exact) mass is 345 g/mol. The molecule has 0 saturated carbocycles. The molecule has 130 valence electrons. The van der Waals surface area contributed by atoms with E-state index in [4.69, 9.17) is 16.2 Å². The molecule has 0 amide bonds. The van der Waals surface area contributed by atoms with Crippen molar-refractivity contribution in [1.29, 1.82) is 0 Å². The maximum atomic E-state index is 6.19. The van der Waals surface area contributed by atoms with Crippen molar-refractivity contribution < 1.29 is 4.74 Å². The van der Waals surface area contributed by atoms with E-state index in [-0.39, 0.29) is 6.10 Å². The highest BCUT2D eigenvalue weighted by atomic mass is 32.2. The molecule has 5 heteroatoms. The predicted octanol–water partition coefficient (Wildman–Crippen LogP) is 4.11. The lowest BCUT2D eigenvalue weighted by Crippen LogP contribution is -2.33. The number of para-hydroxylation sites is 1. The van der Waals surface area contributed by atoms with Gasteiger partial charge < -0.3 is 21.1 Å². The molecule has 1 atom stereocenters. The number of nitrogen functional groups attached to an aromatic ring is 2. The quantitative estimate of drug-likeness (QED) is 0.705. The largest absolute Gasteiger partial charge is 0.488 e. The van der Waals surface area contributed by atoms with Crippen molar-refractivity contribution in [2.75, 3.05) is 31.1 Å². The van der Waals surface area contributed by atoms with Crippen molar-refractivity contribution in [2.24, 2.45) is 0 Å². The molecule has 0 bridgehead atoms. The van der Waals surface area contributed by atoms with Crippen LogP contribution in [0.5, 0.6) is 5.75 Å². The van der Waals surface area contributed by atoms with Gasteiger partial charge in [0.05, 0.1) is 16.3 Å². The summed E-state index contributed by atoms with van der Waals surface area (Å²) in [5.74, 6) is 0.901. The first-order valence-corrected chi connectivity index (χ1v) is 9.16. The number of likely N-dealkylation sites (N-methyl/N-ethyl adjacent to an activating group) is 1. The van der Waals surface area contributed by atoms with E-state index >= 15 is 0 Å². The van der Waals surface area contributed by atoms with Crippen LogP contribution in [0.1, 0.15) is 20.8 Å². The normalized spacial score (nSPS) is 12.3. The van der Waals surface area contributed by atoms with Crippen LogP contribution in [0.25, 0.3) is 0 Å². The number of nitrogens with two attached hydrogens (primary N) is 2. The summed E-state index contributed by atoms with van der Waals surface area (Å²) in [6.45, 7) is 9.44. The second-order valence-electron chi connectivity index (χ2n) is 5.75. The van der Waals surface area contributed by atoms with Crippen LogP contribution in [0.3, 0.4) is 0 Å². The minimum Gasteiger partial charge on any atom is -0.488 e. The lowest BCUT2D eigenvalue weighted by molar-refractivity contribution is 0.150. The molecule has 2 aromatic carbocycles. The Morgan fingerprint density at radius 2 is 1.75 bits per heavy atom. The van der Waals surface area contributed by atoms with Gasteiger partial charge in [0, 0.05) is 11.4 Å². The van der Waals surface area contributed by atoms with Crippen molar-refractivity contribution in [2.45, 2.75) is 36.7 Å². The Bertz CT molecular complexity index is 659. The summed E-state index contributed by atoms with van der Waals surface area (Å²) < 4.78 is 6.19. The second-order valence-corrected chi connectivity index (χ2v) is 6.87. The number of rotatable bonds is 8. The highest BCUT2D eigenvalue weighted by Gasteiger charge is 2.12. The van der Waals surface area contributed by atoms with Gasteiger partial charge in [-0.15, -0.1) is 0 Å². The first-order chi connectivity index (χ1) is 11.5. The van der Waals surface area contributed by atoms with Crippen LogP contribution in [0.15, 0.2) is 52.3 Å². The molecular formula is C19H27N3OS. The van der Waals surface area contributed by atoms with Gasteiger partial charge in [-0.1, -0.05) is 37.7 Å². The Hall–Kier alpha value is -1.85. The van der Waals surface area contributed by atoms with Crippen molar-refractivity contribution >= 4 is 23.1 Å². The van der Waals surface area contributed by atoms with Gasteiger partial charge in [-0.05, 0) is 50.3 Å². The summed E-state index contributed by atoms with van der Waals surface area (Å²) >= 11 is 1.64. The fourth-order valence-electron chi connectivity index (χ4n) is 2.47. The Morgan fingerprint density at radius 1 is 1.04 bits per heavy atom. The minimum atomic E-state index is 0.128. The summed E-state index contributed by atoms with van der Waals surface area (Å²) in [6.07, 6.45) is 0.128. The van der Waals surface area contributed by atoms with E-state index in [2.05, 4.69) is 31.7 Å². The van der Waals surface area contributed by atoms with Gasteiger partial charge in [0.1, 0.15) is 11.9 Å². The maximum absolute atomic E-state index is 6.19. The van der Waals surface area contributed by atoms with Gasteiger partial charge >= 0.3 is 0 Å². The predicted molar refractivity (Wildman–Crippen MR) is 104 cm³/mol. The van der Waals surface area contributed by atoms with Gasteiger partial charge in [0.2, 0.25) is 0 Å². The molecule has 0 heterocycles. The van der Waals surface area contributed by atoms with Crippen LogP contribution in [-0.4, -0.2) is 30.6 Å². The molecule has 0 aliphatic carbocycles. The molecule has 0 radical (unpaired) electrons. The zero-order valence-corrected chi connectivity index (χ0v) is 15.5. The Balaban J connectivity index is 2.10. The highest BCUT2D eigenvalue weighted by molar-refractivity contribution is 7.99. The Morgan fingerprint density at radius 3 is 2.42 bits per heavy atom. The number of ether oxygens (including phenoxy) is 1. The maximum Gasteiger partial charge on any atom is 0.133 e. The minimum absolute atomic E-state index is 0.128. The molecule has 2 aromatic rings. The first kappa shape index (κ1) is 18.5. The lowest BCUT2D eigenvalue weighted by atomic mass is 10.3. The van der Waals surface area contributed by atoms with Gasteiger partial charge in [-0.2, -0.15) is 0 Å². The molecule has 0 fully saturated rings. The SMILES string of the molecule is CCN(CC)CC(C)Oc1ccccc1Sc1ccc(N)c(N)c1. The van der Waals surface area contributed by atoms with Crippen LogP contribution < -0.4 is 16.2 Å². The van der Waals surface area contributed by atoms with E-state index in [1.54, 1.807) is 11.8 Å². The molecule has 0 aliphatic rings. The Labute approximate surface area is 149 Å². The second kappa shape index (κ2) is 8.85. The summed E-state index contributed by atoms with van der Waals surface area (Å²) in [5, 5.41) is 0. The molecule has 0 saturated heterocycles. The molecular weight excluding hydrogens is 318 g/mol. The standard InChI is InChI=1S/C19H27N3OS/c1-4-22(5-2)13-14(3)23-18-8-6-7-9-19(18)24-15-10-11-16(20)17(21)12-15/h6-12,14H,4-5,13,20-21H2,1-3H3. The van der Waals surface area contributed by atoms with Crippen LogP contribution in [0.4, 0.5) is 11.4 Å². The topological polar surface area (TPSA) is 64.5 Å². The number of benzene rings is 2. The molecule has 4 nitrogen and oxygen atoms in total. The summed E-state index contributed by atoms with van der Waals surface area (Å²) in [7, 11) is 0. The van der Waals surface area contributed by atoms with Crippen molar-refractivity contribution in [1.82, 2.24) is 4.90 Å². The third-order valence-corrected chi connectivity index (χ3v) is 4.92. The van der Waals surface area contributed by atoms with Crippen molar-refractivity contribution in [3.05, 3.63) is 42.5 Å².